The van der Waals surface area contributed by atoms with Crippen molar-refractivity contribution < 1.29 is 9.59 Å². The van der Waals surface area contributed by atoms with Gasteiger partial charge in [-0.3, -0.25) is 9.59 Å². The summed E-state index contributed by atoms with van der Waals surface area (Å²) in [6.45, 7) is 7.52. The molecule has 0 saturated carbocycles. The van der Waals surface area contributed by atoms with Crippen molar-refractivity contribution in [3.05, 3.63) is 89.1 Å². The second kappa shape index (κ2) is 8.48. The monoisotopic (exact) mass is 388 g/mol. The summed E-state index contributed by atoms with van der Waals surface area (Å²) in [6, 6.07) is 15.3. The molecule has 1 aliphatic heterocycles. The standard InChI is InChI=1S/C25H28N2O2/c1-5-17-27-21-14-9-8-13-20(21)25(2,3)23(27)16-10-15-22(28)18-11-6-7-12-19(18)24(29)26-4/h6-16H,5,17H2,1-4H3,(H,26,29)/b15-10+,23-16-. The fourth-order valence-electron chi connectivity index (χ4n) is 3.95. The summed E-state index contributed by atoms with van der Waals surface area (Å²) < 4.78 is 0. The molecule has 1 amide bonds. The Morgan fingerprint density at radius 2 is 1.69 bits per heavy atom. The van der Waals surface area contributed by atoms with Crippen molar-refractivity contribution in [3.8, 4) is 0 Å². The Kier molecular flexibility index (Phi) is 6.02. The van der Waals surface area contributed by atoms with Crippen LogP contribution in [-0.4, -0.2) is 25.3 Å². The largest absolute Gasteiger partial charge is 0.355 e. The zero-order chi connectivity index (χ0) is 21.0. The van der Waals surface area contributed by atoms with Gasteiger partial charge in [0, 0.05) is 36.0 Å². The van der Waals surface area contributed by atoms with Crippen LogP contribution in [0.4, 0.5) is 5.69 Å². The minimum atomic E-state index is -0.262. The molecule has 0 radical (unpaired) electrons. The van der Waals surface area contributed by atoms with Gasteiger partial charge in [0.15, 0.2) is 5.78 Å². The van der Waals surface area contributed by atoms with Gasteiger partial charge in [-0.15, -0.1) is 0 Å². The molecule has 150 valence electrons. The zero-order valence-corrected chi connectivity index (χ0v) is 17.5. The molecular formula is C25H28N2O2. The number of carbonyl (C=O) groups excluding carboxylic acids is 2. The lowest BCUT2D eigenvalue weighted by Gasteiger charge is -2.26. The molecule has 4 heteroatoms. The number of carbonyl (C=O) groups is 2. The molecule has 1 aliphatic rings. The molecule has 1 heterocycles. The third kappa shape index (κ3) is 3.88. The van der Waals surface area contributed by atoms with Gasteiger partial charge >= 0.3 is 0 Å². The number of ketones is 1. The first-order valence-electron chi connectivity index (χ1n) is 10.0. The third-order valence-electron chi connectivity index (χ3n) is 5.41. The van der Waals surface area contributed by atoms with Crippen LogP contribution in [0, 0.1) is 0 Å². The molecule has 0 fully saturated rings. The van der Waals surface area contributed by atoms with Crippen LogP contribution in [0.15, 0.2) is 72.5 Å². The van der Waals surface area contributed by atoms with Gasteiger partial charge in [0.2, 0.25) is 0 Å². The van der Waals surface area contributed by atoms with Gasteiger partial charge < -0.3 is 10.2 Å². The topological polar surface area (TPSA) is 49.4 Å². The van der Waals surface area contributed by atoms with E-state index >= 15 is 0 Å². The zero-order valence-electron chi connectivity index (χ0n) is 17.5. The Morgan fingerprint density at radius 3 is 2.38 bits per heavy atom. The van der Waals surface area contributed by atoms with E-state index in [-0.39, 0.29) is 17.1 Å². The SMILES string of the molecule is CCCN1/C(=C\C=C\C(=O)c2ccccc2C(=O)NC)C(C)(C)c2ccccc21. The van der Waals surface area contributed by atoms with E-state index in [1.165, 1.54) is 23.0 Å². The molecule has 29 heavy (non-hydrogen) atoms. The average Bonchev–Trinajstić information content (AvgIpc) is 2.95. The predicted octanol–water partition coefficient (Wildman–Crippen LogP) is 4.88. The highest BCUT2D eigenvalue weighted by Crippen LogP contribution is 2.47. The average molecular weight is 389 g/mol. The molecule has 0 atom stereocenters. The second-order valence-corrected chi connectivity index (χ2v) is 7.69. The number of para-hydroxylation sites is 1. The van der Waals surface area contributed by atoms with E-state index in [9.17, 15) is 9.59 Å². The summed E-state index contributed by atoms with van der Waals surface area (Å²) in [5.74, 6) is -0.446. The molecule has 0 unspecified atom stereocenters. The first kappa shape index (κ1) is 20.6. The predicted molar refractivity (Wildman–Crippen MR) is 118 cm³/mol. The van der Waals surface area contributed by atoms with E-state index in [2.05, 4.69) is 55.3 Å². The first-order valence-corrected chi connectivity index (χ1v) is 10.0. The lowest BCUT2D eigenvalue weighted by molar-refractivity contribution is 0.0951. The molecule has 2 aromatic rings. The van der Waals surface area contributed by atoms with Crippen LogP contribution >= 0.6 is 0 Å². The summed E-state index contributed by atoms with van der Waals surface area (Å²) in [6.07, 6.45) is 6.40. The molecule has 0 aliphatic carbocycles. The van der Waals surface area contributed by atoms with Crippen molar-refractivity contribution in [3.63, 3.8) is 0 Å². The third-order valence-corrected chi connectivity index (χ3v) is 5.41. The second-order valence-electron chi connectivity index (χ2n) is 7.69. The Balaban J connectivity index is 1.92. The number of amides is 1. The van der Waals surface area contributed by atoms with Gasteiger partial charge in [0.1, 0.15) is 0 Å². The highest BCUT2D eigenvalue weighted by Gasteiger charge is 2.38. The molecule has 0 saturated heterocycles. The number of hydrogen-bond donors (Lipinski definition) is 1. The van der Waals surface area contributed by atoms with Gasteiger partial charge in [0.25, 0.3) is 5.91 Å². The van der Waals surface area contributed by atoms with Crippen molar-refractivity contribution >= 4 is 17.4 Å². The molecular weight excluding hydrogens is 360 g/mol. The summed E-state index contributed by atoms with van der Waals surface area (Å²) in [7, 11) is 1.56. The normalized spacial score (nSPS) is 16.3. The van der Waals surface area contributed by atoms with Crippen molar-refractivity contribution in [2.45, 2.75) is 32.6 Å². The van der Waals surface area contributed by atoms with E-state index in [1.807, 2.05) is 6.08 Å². The number of fused-ring (bicyclic) bond motifs is 1. The van der Waals surface area contributed by atoms with Crippen LogP contribution in [0.1, 0.15) is 53.5 Å². The number of hydrogen-bond acceptors (Lipinski definition) is 3. The Hall–Kier alpha value is -3.14. The summed E-state index contributed by atoms with van der Waals surface area (Å²) in [5, 5.41) is 2.58. The van der Waals surface area contributed by atoms with E-state index < -0.39 is 0 Å². The van der Waals surface area contributed by atoms with Crippen molar-refractivity contribution in [2.75, 3.05) is 18.5 Å². The van der Waals surface area contributed by atoms with Crippen LogP contribution in [0.3, 0.4) is 0 Å². The fourth-order valence-corrected chi connectivity index (χ4v) is 3.95. The number of allylic oxidation sites excluding steroid dienone is 4. The quantitative estimate of drug-likeness (QED) is 0.567. The highest BCUT2D eigenvalue weighted by atomic mass is 16.2. The molecule has 2 aromatic carbocycles. The number of nitrogens with one attached hydrogen (secondary N) is 1. The Morgan fingerprint density at radius 1 is 1.03 bits per heavy atom. The first-order chi connectivity index (χ1) is 13.9. The minimum Gasteiger partial charge on any atom is -0.355 e. The molecule has 4 nitrogen and oxygen atoms in total. The Bertz CT molecular complexity index is 986. The van der Waals surface area contributed by atoms with Gasteiger partial charge in [-0.2, -0.15) is 0 Å². The van der Waals surface area contributed by atoms with Crippen LogP contribution in [0.5, 0.6) is 0 Å². The molecule has 3 rings (SSSR count). The minimum absolute atomic E-state index is 0.140. The van der Waals surface area contributed by atoms with E-state index in [0.29, 0.717) is 11.1 Å². The van der Waals surface area contributed by atoms with Gasteiger partial charge in [0.05, 0.1) is 5.56 Å². The molecule has 0 aromatic heterocycles. The van der Waals surface area contributed by atoms with Crippen molar-refractivity contribution in [2.24, 2.45) is 0 Å². The van der Waals surface area contributed by atoms with E-state index in [0.717, 1.165) is 13.0 Å². The lowest BCUT2D eigenvalue weighted by atomic mass is 9.83. The van der Waals surface area contributed by atoms with Gasteiger partial charge in [-0.1, -0.05) is 63.2 Å². The maximum atomic E-state index is 12.7. The van der Waals surface area contributed by atoms with Gasteiger partial charge in [-0.05, 0) is 36.3 Å². The summed E-state index contributed by atoms with van der Waals surface area (Å²) in [4.78, 5) is 27.1. The number of nitrogens with zero attached hydrogens (tertiary/aromatic N) is 1. The van der Waals surface area contributed by atoms with Crippen LogP contribution in [0.25, 0.3) is 0 Å². The van der Waals surface area contributed by atoms with E-state index in [4.69, 9.17) is 0 Å². The number of anilines is 1. The van der Waals surface area contributed by atoms with Crippen molar-refractivity contribution in [1.29, 1.82) is 0 Å². The van der Waals surface area contributed by atoms with Crippen molar-refractivity contribution in [1.82, 2.24) is 5.32 Å². The maximum absolute atomic E-state index is 12.7. The van der Waals surface area contributed by atoms with Crippen LogP contribution in [0.2, 0.25) is 0 Å². The number of rotatable bonds is 6. The number of benzene rings is 2. The van der Waals surface area contributed by atoms with Crippen LogP contribution < -0.4 is 10.2 Å². The van der Waals surface area contributed by atoms with Crippen LogP contribution in [-0.2, 0) is 5.41 Å². The van der Waals surface area contributed by atoms with Gasteiger partial charge in [-0.25, -0.2) is 0 Å². The smallest absolute Gasteiger partial charge is 0.251 e. The summed E-state index contributed by atoms with van der Waals surface area (Å²) >= 11 is 0. The maximum Gasteiger partial charge on any atom is 0.251 e. The fraction of sp³-hybridized carbons (Fsp3) is 0.280. The molecule has 0 spiro atoms. The molecule has 0 bridgehead atoms. The molecule has 1 N–H and O–H groups in total. The highest BCUT2D eigenvalue weighted by molar-refractivity contribution is 6.12. The van der Waals surface area contributed by atoms with E-state index in [1.54, 1.807) is 37.4 Å². The summed E-state index contributed by atoms with van der Waals surface area (Å²) in [5.41, 5.74) is 4.35. The lowest BCUT2D eigenvalue weighted by Crippen LogP contribution is -2.26. The Labute approximate surface area is 172 Å².